The number of nitrogens with one attached hydrogen (secondary N) is 1. The lowest BCUT2D eigenvalue weighted by Gasteiger charge is -2.20. The van der Waals surface area contributed by atoms with E-state index in [4.69, 9.17) is 0 Å². The van der Waals surface area contributed by atoms with Gasteiger partial charge in [0.1, 0.15) is 5.69 Å². The molecule has 1 saturated heterocycles. The summed E-state index contributed by atoms with van der Waals surface area (Å²) in [6.45, 7) is 3.11. The van der Waals surface area contributed by atoms with Gasteiger partial charge >= 0.3 is 0 Å². The molecule has 0 saturated carbocycles. The van der Waals surface area contributed by atoms with E-state index in [1.165, 1.54) is 4.31 Å². The van der Waals surface area contributed by atoms with Crippen molar-refractivity contribution < 1.29 is 8.42 Å². The number of nitrogens with zero attached hydrogens (tertiary/aromatic N) is 4. The smallest absolute Gasteiger partial charge is 0.281 e. The van der Waals surface area contributed by atoms with E-state index in [0.29, 0.717) is 19.0 Å². The average Bonchev–Trinajstić information content (AvgIpc) is 3.17. The van der Waals surface area contributed by atoms with Crippen LogP contribution in [0.3, 0.4) is 0 Å². The van der Waals surface area contributed by atoms with Crippen LogP contribution in [0.15, 0.2) is 24.4 Å². The van der Waals surface area contributed by atoms with Crippen LogP contribution in [0.5, 0.6) is 0 Å². The molecule has 0 amide bonds. The van der Waals surface area contributed by atoms with Gasteiger partial charge in [0.25, 0.3) is 10.2 Å². The summed E-state index contributed by atoms with van der Waals surface area (Å²) in [5, 5.41) is 7.12. The lowest BCUT2D eigenvalue weighted by molar-refractivity contribution is 0.409. The first-order valence-corrected chi connectivity index (χ1v) is 9.41. The summed E-state index contributed by atoms with van der Waals surface area (Å²) < 4.78 is 27.2. The van der Waals surface area contributed by atoms with Crippen LogP contribution >= 0.6 is 0 Å². The van der Waals surface area contributed by atoms with Gasteiger partial charge in [-0.3, -0.25) is 10.1 Å². The minimum atomic E-state index is -3.30. The van der Waals surface area contributed by atoms with E-state index in [0.717, 1.165) is 35.5 Å². The average molecular weight is 349 g/mol. The molecule has 0 aliphatic carbocycles. The first-order valence-electron chi connectivity index (χ1n) is 8.01. The van der Waals surface area contributed by atoms with E-state index in [2.05, 4.69) is 21.2 Å². The first-order chi connectivity index (χ1) is 11.4. The number of H-pyrrole nitrogens is 1. The number of hydrogen-bond acceptors (Lipinski definition) is 4. The zero-order chi connectivity index (χ0) is 17.3. The van der Waals surface area contributed by atoms with E-state index in [-0.39, 0.29) is 0 Å². The molecular weight excluding hydrogens is 326 g/mol. The second-order valence-corrected chi connectivity index (χ2v) is 8.64. The molecule has 8 heteroatoms. The summed E-state index contributed by atoms with van der Waals surface area (Å²) >= 11 is 0. The van der Waals surface area contributed by atoms with E-state index in [1.807, 2.05) is 25.3 Å². The third-order valence-electron chi connectivity index (χ3n) is 4.35. The Morgan fingerprint density at radius 2 is 2.12 bits per heavy atom. The highest BCUT2D eigenvalue weighted by atomic mass is 32.2. The van der Waals surface area contributed by atoms with Crippen molar-refractivity contribution in [3.05, 3.63) is 35.7 Å². The van der Waals surface area contributed by atoms with Crippen LogP contribution in [-0.4, -0.2) is 59.4 Å². The van der Waals surface area contributed by atoms with Crippen LogP contribution in [0, 0.1) is 12.8 Å². The van der Waals surface area contributed by atoms with E-state index in [9.17, 15) is 8.42 Å². The Morgan fingerprint density at radius 3 is 2.71 bits per heavy atom. The lowest BCUT2D eigenvalue weighted by Crippen LogP contribution is -2.38. The molecule has 24 heavy (non-hydrogen) atoms. The Labute approximate surface area is 142 Å². The molecule has 0 radical (unpaired) electrons. The van der Waals surface area contributed by atoms with Crippen molar-refractivity contribution in [1.29, 1.82) is 0 Å². The van der Waals surface area contributed by atoms with Crippen LogP contribution in [0.1, 0.15) is 17.7 Å². The molecule has 0 spiro atoms. The molecule has 1 atom stereocenters. The van der Waals surface area contributed by atoms with Gasteiger partial charge < -0.3 is 0 Å². The van der Waals surface area contributed by atoms with Crippen LogP contribution in [0.4, 0.5) is 0 Å². The molecule has 130 valence electrons. The summed E-state index contributed by atoms with van der Waals surface area (Å²) in [6.07, 6.45) is 3.59. The van der Waals surface area contributed by atoms with Crippen molar-refractivity contribution in [3.8, 4) is 11.4 Å². The Balaban J connectivity index is 1.63. The van der Waals surface area contributed by atoms with Crippen molar-refractivity contribution in [2.45, 2.75) is 19.8 Å². The normalized spacial score (nSPS) is 19.2. The molecule has 2 aromatic rings. The van der Waals surface area contributed by atoms with Crippen molar-refractivity contribution in [2.75, 3.05) is 27.2 Å². The Kier molecular flexibility index (Phi) is 4.71. The van der Waals surface area contributed by atoms with Crippen molar-refractivity contribution >= 4 is 10.2 Å². The van der Waals surface area contributed by atoms with Gasteiger partial charge in [0, 0.05) is 39.1 Å². The van der Waals surface area contributed by atoms with Crippen LogP contribution in [0.25, 0.3) is 11.4 Å². The SMILES string of the molecule is Cc1cc(-c2ccc(CC3CCN(S(=O)(=O)N(C)C)C3)cn2)n[nH]1. The summed E-state index contributed by atoms with van der Waals surface area (Å²) in [4.78, 5) is 4.48. The third-order valence-corrected chi connectivity index (χ3v) is 6.26. The summed E-state index contributed by atoms with van der Waals surface area (Å²) in [5.74, 6) is 0.333. The van der Waals surface area contributed by atoms with Gasteiger partial charge in [-0.15, -0.1) is 0 Å². The van der Waals surface area contributed by atoms with Crippen LogP contribution < -0.4 is 0 Å². The second-order valence-electron chi connectivity index (χ2n) is 6.49. The first kappa shape index (κ1) is 17.1. The number of hydrogen-bond donors (Lipinski definition) is 1. The number of rotatable bonds is 5. The molecule has 3 rings (SSSR count). The van der Waals surface area contributed by atoms with E-state index >= 15 is 0 Å². The van der Waals surface area contributed by atoms with Crippen LogP contribution in [-0.2, 0) is 16.6 Å². The molecule has 1 unspecified atom stereocenters. The van der Waals surface area contributed by atoms with Gasteiger partial charge in [0.05, 0.1) is 5.69 Å². The summed E-state index contributed by atoms with van der Waals surface area (Å²) in [7, 11) is -0.160. The number of pyridine rings is 1. The molecule has 0 aromatic carbocycles. The quantitative estimate of drug-likeness (QED) is 0.886. The molecule has 1 fully saturated rings. The molecular formula is C16H23N5O2S. The van der Waals surface area contributed by atoms with Gasteiger partial charge in [0.15, 0.2) is 0 Å². The fourth-order valence-electron chi connectivity index (χ4n) is 2.98. The molecule has 2 aromatic heterocycles. The van der Waals surface area contributed by atoms with Crippen molar-refractivity contribution in [1.82, 2.24) is 23.8 Å². The molecule has 7 nitrogen and oxygen atoms in total. The molecule has 0 bridgehead atoms. The Morgan fingerprint density at radius 1 is 1.33 bits per heavy atom. The molecule has 3 heterocycles. The van der Waals surface area contributed by atoms with Crippen LogP contribution in [0.2, 0.25) is 0 Å². The van der Waals surface area contributed by atoms with E-state index in [1.54, 1.807) is 18.4 Å². The topological polar surface area (TPSA) is 82.2 Å². The largest absolute Gasteiger partial charge is 0.282 e. The molecule has 1 N–H and O–H groups in total. The fraction of sp³-hybridized carbons (Fsp3) is 0.500. The maximum Gasteiger partial charge on any atom is 0.281 e. The van der Waals surface area contributed by atoms with Gasteiger partial charge in [-0.2, -0.15) is 22.1 Å². The number of aromatic amines is 1. The third kappa shape index (κ3) is 3.50. The van der Waals surface area contributed by atoms with Crippen molar-refractivity contribution in [2.24, 2.45) is 5.92 Å². The maximum absolute atomic E-state index is 12.2. The zero-order valence-electron chi connectivity index (χ0n) is 14.2. The number of aromatic nitrogens is 3. The highest BCUT2D eigenvalue weighted by Gasteiger charge is 2.32. The predicted molar refractivity (Wildman–Crippen MR) is 92.5 cm³/mol. The van der Waals surface area contributed by atoms with Gasteiger partial charge in [0.2, 0.25) is 0 Å². The predicted octanol–water partition coefficient (Wildman–Crippen LogP) is 1.45. The maximum atomic E-state index is 12.2. The van der Waals surface area contributed by atoms with Crippen molar-refractivity contribution in [3.63, 3.8) is 0 Å². The van der Waals surface area contributed by atoms with Gasteiger partial charge in [-0.05, 0) is 43.4 Å². The molecule has 1 aliphatic rings. The van der Waals surface area contributed by atoms with E-state index < -0.39 is 10.2 Å². The molecule has 1 aliphatic heterocycles. The Hall–Kier alpha value is -1.77. The lowest BCUT2D eigenvalue weighted by atomic mass is 10.00. The minimum Gasteiger partial charge on any atom is -0.282 e. The zero-order valence-corrected chi connectivity index (χ0v) is 15.0. The minimum absolute atomic E-state index is 0.333. The summed E-state index contributed by atoms with van der Waals surface area (Å²) in [6, 6.07) is 5.98. The fourth-order valence-corrected chi connectivity index (χ4v) is 4.18. The highest BCUT2D eigenvalue weighted by Crippen LogP contribution is 2.24. The highest BCUT2D eigenvalue weighted by molar-refractivity contribution is 7.86. The second kappa shape index (κ2) is 6.62. The van der Waals surface area contributed by atoms with Gasteiger partial charge in [-0.1, -0.05) is 6.07 Å². The van der Waals surface area contributed by atoms with Gasteiger partial charge in [-0.25, -0.2) is 0 Å². The number of aryl methyl sites for hydroxylation is 1. The standard InChI is InChI=1S/C16H23N5O2S/c1-12-8-16(19-18-12)15-5-4-13(10-17-15)9-14-6-7-21(11-14)24(22,23)20(2)3/h4-5,8,10,14H,6-7,9,11H2,1-3H3,(H,18,19). The monoisotopic (exact) mass is 349 g/mol. The summed E-state index contributed by atoms with van der Waals surface area (Å²) in [5.41, 5.74) is 3.80. The Bertz CT molecular complexity index is 798.